The Bertz CT molecular complexity index is 217. The topological polar surface area (TPSA) is 35.5 Å². The lowest BCUT2D eigenvalue weighted by Crippen LogP contribution is -2.09. The van der Waals surface area contributed by atoms with Crippen LogP contribution < -0.4 is 0 Å². The van der Waals surface area contributed by atoms with Crippen molar-refractivity contribution in [2.45, 2.75) is 13.2 Å². The summed E-state index contributed by atoms with van der Waals surface area (Å²) in [5.41, 5.74) is 0.568. The molecule has 0 saturated heterocycles. The van der Waals surface area contributed by atoms with Gasteiger partial charge in [0.2, 0.25) is 0 Å². The van der Waals surface area contributed by atoms with Gasteiger partial charge >= 0.3 is 0 Å². The summed E-state index contributed by atoms with van der Waals surface area (Å²) in [6.45, 7) is 1.65. The van der Waals surface area contributed by atoms with Gasteiger partial charge in [0.1, 0.15) is 0 Å². The number of hydrogen-bond acceptors (Lipinski definition) is 3. The first-order valence-electron chi connectivity index (χ1n) is 3.70. The Balaban J connectivity index is 4.38. The second-order valence-electron chi connectivity index (χ2n) is 2.40. The Morgan fingerprint density at radius 1 is 1.38 bits per heavy atom. The van der Waals surface area contributed by atoms with Crippen molar-refractivity contribution in [2.75, 3.05) is 14.2 Å². The molecule has 0 atom stereocenters. The number of hydrogen-bond donors (Lipinski definition) is 0. The van der Waals surface area contributed by atoms with Crippen molar-refractivity contribution >= 4 is 6.29 Å². The Morgan fingerprint density at radius 3 is 2.31 bits per heavy atom. The predicted octanol–water partition coefficient (Wildman–Crippen LogP) is 1.60. The first-order chi connectivity index (χ1) is 6.13. The van der Waals surface area contributed by atoms with Crippen LogP contribution in [0.3, 0.4) is 0 Å². The van der Waals surface area contributed by atoms with Crippen molar-refractivity contribution in [2.24, 2.45) is 0 Å². The van der Waals surface area contributed by atoms with Gasteiger partial charge in [-0.3, -0.25) is 4.79 Å². The highest BCUT2D eigenvalue weighted by atomic mass is 19.1. The molecule has 0 aliphatic rings. The fraction of sp³-hybridized carbons (Fsp3) is 0.444. The average molecular weight is 188 g/mol. The molecule has 3 nitrogen and oxygen atoms in total. The van der Waals surface area contributed by atoms with E-state index in [-0.39, 0.29) is 6.29 Å². The molecule has 74 valence electrons. The number of halogens is 1. The van der Waals surface area contributed by atoms with E-state index in [9.17, 15) is 9.18 Å². The predicted molar refractivity (Wildman–Crippen MR) is 46.8 cm³/mol. The molecule has 0 unspecified atom stereocenters. The highest BCUT2D eigenvalue weighted by molar-refractivity contribution is 5.70. The maximum Gasteiger partial charge on any atom is 0.178 e. The number of methoxy groups -OCH3 is 2. The second kappa shape index (κ2) is 6.51. The van der Waals surface area contributed by atoms with Crippen LogP contribution in [0.25, 0.3) is 0 Å². The summed E-state index contributed by atoms with van der Waals surface area (Å²) in [6.07, 6.45) is 2.29. The number of ether oxygens (including phenoxy) is 2. The molecule has 0 aromatic heterocycles. The monoisotopic (exact) mass is 188 g/mol. The van der Waals surface area contributed by atoms with Gasteiger partial charge in [0, 0.05) is 14.2 Å². The molecule has 0 spiro atoms. The van der Waals surface area contributed by atoms with E-state index in [0.29, 0.717) is 5.57 Å². The zero-order valence-corrected chi connectivity index (χ0v) is 7.91. The van der Waals surface area contributed by atoms with Crippen molar-refractivity contribution in [1.82, 2.24) is 0 Å². The Labute approximate surface area is 76.8 Å². The molecular weight excluding hydrogens is 175 g/mol. The van der Waals surface area contributed by atoms with Crippen LogP contribution in [0.2, 0.25) is 0 Å². The summed E-state index contributed by atoms with van der Waals surface area (Å²) in [6, 6.07) is 0. The van der Waals surface area contributed by atoms with E-state index in [0.717, 1.165) is 6.08 Å². The first kappa shape index (κ1) is 12.0. The molecule has 0 aliphatic carbocycles. The fourth-order valence-corrected chi connectivity index (χ4v) is 0.747. The van der Waals surface area contributed by atoms with Gasteiger partial charge < -0.3 is 9.47 Å². The van der Waals surface area contributed by atoms with E-state index in [1.54, 1.807) is 13.0 Å². The van der Waals surface area contributed by atoms with Crippen molar-refractivity contribution in [3.8, 4) is 0 Å². The van der Waals surface area contributed by atoms with Crippen LogP contribution in [0.15, 0.2) is 23.6 Å². The number of carbonyl (C=O) groups is 1. The largest absolute Gasteiger partial charge is 0.352 e. The van der Waals surface area contributed by atoms with Crippen LogP contribution in [0.4, 0.5) is 4.39 Å². The number of rotatable bonds is 5. The molecule has 0 radical (unpaired) electrons. The Hall–Kier alpha value is -1.00. The van der Waals surface area contributed by atoms with Gasteiger partial charge in [-0.1, -0.05) is 0 Å². The van der Waals surface area contributed by atoms with Crippen molar-refractivity contribution in [1.29, 1.82) is 0 Å². The minimum Gasteiger partial charge on any atom is -0.352 e. The van der Waals surface area contributed by atoms with E-state index in [2.05, 4.69) is 0 Å². The lowest BCUT2D eigenvalue weighted by molar-refractivity contribution is -0.106. The SMILES string of the molecule is COC(C=C(C)C=C(F)C=O)OC. The summed E-state index contributed by atoms with van der Waals surface area (Å²) in [4.78, 5) is 9.93. The molecule has 0 aliphatic heterocycles. The summed E-state index contributed by atoms with van der Waals surface area (Å²) in [7, 11) is 2.94. The standard InChI is InChI=1S/C9H13FO3/c1-7(4-8(10)6-11)5-9(12-2)13-3/h4-6,9H,1-3H3. The lowest BCUT2D eigenvalue weighted by Gasteiger charge is -2.08. The van der Waals surface area contributed by atoms with E-state index in [1.807, 2.05) is 0 Å². The molecule has 0 fully saturated rings. The third kappa shape index (κ3) is 5.27. The maximum absolute atomic E-state index is 12.4. The summed E-state index contributed by atoms with van der Waals surface area (Å²) in [5.74, 6) is -0.820. The summed E-state index contributed by atoms with van der Waals surface area (Å²) in [5, 5.41) is 0. The van der Waals surface area contributed by atoms with Crippen molar-refractivity contribution < 1.29 is 18.7 Å². The molecular formula is C9H13FO3. The molecule has 0 heterocycles. The first-order valence-corrected chi connectivity index (χ1v) is 3.70. The van der Waals surface area contributed by atoms with Crippen LogP contribution in [0.5, 0.6) is 0 Å². The van der Waals surface area contributed by atoms with E-state index >= 15 is 0 Å². The highest BCUT2D eigenvalue weighted by Crippen LogP contribution is 2.04. The third-order valence-corrected chi connectivity index (χ3v) is 1.34. The molecule has 13 heavy (non-hydrogen) atoms. The third-order valence-electron chi connectivity index (χ3n) is 1.34. The Kier molecular flexibility index (Phi) is 6.01. The fourth-order valence-electron chi connectivity index (χ4n) is 0.747. The molecule has 4 heteroatoms. The van der Waals surface area contributed by atoms with Crippen LogP contribution in [-0.2, 0) is 14.3 Å². The van der Waals surface area contributed by atoms with Gasteiger partial charge in [-0.15, -0.1) is 0 Å². The number of aldehydes is 1. The quantitative estimate of drug-likeness (QED) is 0.284. The minimum atomic E-state index is -0.820. The van der Waals surface area contributed by atoms with E-state index in [4.69, 9.17) is 9.47 Å². The highest BCUT2D eigenvalue weighted by Gasteiger charge is 2.00. The molecule has 0 aromatic carbocycles. The number of allylic oxidation sites excluding steroid dienone is 3. The molecule has 0 amide bonds. The van der Waals surface area contributed by atoms with Gasteiger partial charge in [-0.2, -0.15) is 0 Å². The van der Waals surface area contributed by atoms with Crippen LogP contribution in [-0.4, -0.2) is 26.8 Å². The Morgan fingerprint density at radius 2 is 1.92 bits per heavy atom. The smallest absolute Gasteiger partial charge is 0.178 e. The summed E-state index contributed by atoms with van der Waals surface area (Å²) < 4.78 is 22.1. The van der Waals surface area contributed by atoms with Gasteiger partial charge in [-0.25, -0.2) is 4.39 Å². The summed E-state index contributed by atoms with van der Waals surface area (Å²) >= 11 is 0. The molecule has 0 N–H and O–H groups in total. The second-order valence-corrected chi connectivity index (χ2v) is 2.40. The zero-order chi connectivity index (χ0) is 10.3. The van der Waals surface area contributed by atoms with E-state index < -0.39 is 12.1 Å². The molecule has 0 aromatic rings. The van der Waals surface area contributed by atoms with Gasteiger partial charge in [0.25, 0.3) is 0 Å². The molecule has 0 rings (SSSR count). The van der Waals surface area contributed by atoms with Crippen LogP contribution >= 0.6 is 0 Å². The van der Waals surface area contributed by atoms with Crippen molar-refractivity contribution in [3.05, 3.63) is 23.6 Å². The molecule has 0 saturated carbocycles. The van der Waals surface area contributed by atoms with Crippen molar-refractivity contribution in [3.63, 3.8) is 0 Å². The lowest BCUT2D eigenvalue weighted by atomic mass is 10.2. The zero-order valence-electron chi connectivity index (χ0n) is 7.91. The van der Waals surface area contributed by atoms with Gasteiger partial charge in [-0.05, 0) is 24.6 Å². The van der Waals surface area contributed by atoms with Gasteiger partial charge in [0.05, 0.1) is 0 Å². The van der Waals surface area contributed by atoms with Crippen LogP contribution in [0.1, 0.15) is 6.92 Å². The normalized spacial score (nSPS) is 13.6. The average Bonchev–Trinajstić information content (AvgIpc) is 2.13. The van der Waals surface area contributed by atoms with Crippen LogP contribution in [0, 0.1) is 0 Å². The maximum atomic E-state index is 12.4. The minimum absolute atomic E-state index is 0.145. The number of carbonyl (C=O) groups excluding carboxylic acids is 1. The van der Waals surface area contributed by atoms with E-state index in [1.165, 1.54) is 14.2 Å². The molecule has 0 bridgehead atoms. The van der Waals surface area contributed by atoms with Gasteiger partial charge in [0.15, 0.2) is 18.4 Å².